The number of para-hydroxylation sites is 1. The molecule has 21 heavy (non-hydrogen) atoms. The van der Waals surface area contributed by atoms with E-state index in [1.165, 1.54) is 0 Å². The van der Waals surface area contributed by atoms with Gasteiger partial charge in [-0.2, -0.15) is 0 Å². The third-order valence-corrected chi connectivity index (χ3v) is 4.45. The maximum Gasteiger partial charge on any atom is 0.270 e. The number of carbonyl (C=O) groups excluding carboxylic acids is 1. The summed E-state index contributed by atoms with van der Waals surface area (Å²) in [5, 5.41) is 13.9. The third-order valence-electron chi connectivity index (χ3n) is 4.14. The van der Waals surface area contributed by atoms with E-state index in [0.717, 1.165) is 31.1 Å². The number of nitrogens with zero attached hydrogens (tertiary/aromatic N) is 1. The first-order chi connectivity index (χ1) is 10.1. The Labute approximate surface area is 128 Å². The highest BCUT2D eigenvalue weighted by molar-refractivity contribution is 6.35. The van der Waals surface area contributed by atoms with Gasteiger partial charge in [-0.1, -0.05) is 42.6 Å². The van der Waals surface area contributed by atoms with E-state index in [0.29, 0.717) is 16.2 Å². The van der Waals surface area contributed by atoms with Gasteiger partial charge in [0.2, 0.25) is 0 Å². The number of halogens is 1. The molecule has 3 rings (SSSR count). The van der Waals surface area contributed by atoms with Gasteiger partial charge in [-0.15, -0.1) is 0 Å². The Hall–Kier alpha value is -1.65. The summed E-state index contributed by atoms with van der Waals surface area (Å²) in [7, 11) is 0. The number of amides is 1. The Bertz CT molecular complexity index is 681. The second kappa shape index (κ2) is 5.62. The van der Waals surface area contributed by atoms with Crippen molar-refractivity contribution in [3.8, 4) is 0 Å². The third kappa shape index (κ3) is 2.74. The lowest BCUT2D eigenvalue weighted by Gasteiger charge is -2.27. The van der Waals surface area contributed by atoms with Gasteiger partial charge in [0.15, 0.2) is 0 Å². The standard InChI is InChI=1S/C16H17ClN2O2/c17-12-9-14(18-13-6-2-1-5-11(12)13)15(21)19-16(10-20)7-3-4-8-16/h1-2,5-6,9,20H,3-4,7-8,10H2,(H,19,21). The Morgan fingerprint density at radius 3 is 2.76 bits per heavy atom. The molecule has 1 aliphatic rings. The molecule has 0 saturated heterocycles. The van der Waals surface area contributed by atoms with Gasteiger partial charge < -0.3 is 10.4 Å². The zero-order valence-corrected chi connectivity index (χ0v) is 12.4. The number of benzene rings is 1. The minimum absolute atomic E-state index is 0.0416. The molecule has 0 spiro atoms. The second-order valence-electron chi connectivity index (χ2n) is 5.61. The van der Waals surface area contributed by atoms with E-state index in [4.69, 9.17) is 11.6 Å². The van der Waals surface area contributed by atoms with Crippen molar-refractivity contribution in [3.63, 3.8) is 0 Å². The summed E-state index contributed by atoms with van der Waals surface area (Å²) in [5.41, 5.74) is 0.481. The van der Waals surface area contributed by atoms with Crippen molar-refractivity contribution in [1.82, 2.24) is 10.3 Å². The van der Waals surface area contributed by atoms with Gasteiger partial charge in [0, 0.05) is 5.39 Å². The monoisotopic (exact) mass is 304 g/mol. The summed E-state index contributed by atoms with van der Waals surface area (Å²) in [6, 6.07) is 9.03. The van der Waals surface area contributed by atoms with E-state index < -0.39 is 5.54 Å². The number of aromatic nitrogens is 1. The number of aliphatic hydroxyl groups is 1. The van der Waals surface area contributed by atoms with Gasteiger partial charge >= 0.3 is 0 Å². The molecular weight excluding hydrogens is 288 g/mol. The largest absolute Gasteiger partial charge is 0.394 e. The van der Waals surface area contributed by atoms with Crippen LogP contribution in [0.2, 0.25) is 5.02 Å². The number of hydrogen-bond donors (Lipinski definition) is 2. The summed E-state index contributed by atoms with van der Waals surface area (Å²) < 4.78 is 0. The van der Waals surface area contributed by atoms with E-state index in [-0.39, 0.29) is 12.5 Å². The van der Waals surface area contributed by atoms with Crippen LogP contribution in [-0.2, 0) is 0 Å². The van der Waals surface area contributed by atoms with E-state index >= 15 is 0 Å². The average molecular weight is 305 g/mol. The summed E-state index contributed by atoms with van der Waals surface area (Å²) in [6.45, 7) is -0.0416. The quantitative estimate of drug-likeness (QED) is 0.916. The Kier molecular flexibility index (Phi) is 3.83. The smallest absolute Gasteiger partial charge is 0.270 e. The summed E-state index contributed by atoms with van der Waals surface area (Å²) >= 11 is 6.22. The Morgan fingerprint density at radius 2 is 2.05 bits per heavy atom. The molecule has 1 fully saturated rings. The number of rotatable bonds is 3. The van der Waals surface area contributed by atoms with E-state index in [1.54, 1.807) is 6.07 Å². The fourth-order valence-electron chi connectivity index (χ4n) is 2.93. The molecule has 4 nitrogen and oxygen atoms in total. The highest BCUT2D eigenvalue weighted by Gasteiger charge is 2.35. The molecule has 2 N–H and O–H groups in total. The highest BCUT2D eigenvalue weighted by Crippen LogP contribution is 2.30. The first kappa shape index (κ1) is 14.3. The maximum absolute atomic E-state index is 12.4. The molecule has 0 unspecified atom stereocenters. The number of fused-ring (bicyclic) bond motifs is 1. The lowest BCUT2D eigenvalue weighted by molar-refractivity contribution is 0.0834. The van der Waals surface area contributed by atoms with Gasteiger partial charge in [0.25, 0.3) is 5.91 Å². The summed E-state index contributed by atoms with van der Waals surface area (Å²) in [6.07, 6.45) is 3.65. The fourth-order valence-corrected chi connectivity index (χ4v) is 3.19. The molecule has 1 heterocycles. The Morgan fingerprint density at radius 1 is 1.33 bits per heavy atom. The Balaban J connectivity index is 1.91. The van der Waals surface area contributed by atoms with Gasteiger partial charge in [-0.25, -0.2) is 4.98 Å². The molecule has 0 atom stereocenters. The molecule has 0 bridgehead atoms. The fraction of sp³-hybridized carbons (Fsp3) is 0.375. The predicted molar refractivity (Wildman–Crippen MR) is 82.5 cm³/mol. The minimum atomic E-state index is -0.503. The van der Waals surface area contributed by atoms with Crippen LogP contribution in [0.4, 0.5) is 0 Å². The van der Waals surface area contributed by atoms with Crippen LogP contribution in [-0.4, -0.2) is 28.1 Å². The molecule has 1 saturated carbocycles. The van der Waals surface area contributed by atoms with Crippen LogP contribution in [0.15, 0.2) is 30.3 Å². The lowest BCUT2D eigenvalue weighted by Crippen LogP contribution is -2.49. The second-order valence-corrected chi connectivity index (χ2v) is 6.01. The molecule has 2 aromatic rings. The van der Waals surface area contributed by atoms with Gasteiger partial charge in [-0.3, -0.25) is 4.79 Å². The summed E-state index contributed by atoms with van der Waals surface area (Å²) in [5.74, 6) is -0.279. The topological polar surface area (TPSA) is 62.2 Å². The molecule has 1 aliphatic carbocycles. The van der Waals surface area contributed by atoms with Crippen molar-refractivity contribution in [2.75, 3.05) is 6.61 Å². The number of carbonyl (C=O) groups is 1. The maximum atomic E-state index is 12.4. The van der Waals surface area contributed by atoms with E-state index in [2.05, 4.69) is 10.3 Å². The first-order valence-corrected chi connectivity index (χ1v) is 7.50. The summed E-state index contributed by atoms with van der Waals surface area (Å²) in [4.78, 5) is 16.8. The normalized spacial score (nSPS) is 17.0. The molecule has 1 aromatic heterocycles. The van der Waals surface area contributed by atoms with E-state index in [9.17, 15) is 9.90 Å². The van der Waals surface area contributed by atoms with Crippen molar-refractivity contribution in [2.24, 2.45) is 0 Å². The van der Waals surface area contributed by atoms with Gasteiger partial charge in [0.1, 0.15) is 5.69 Å². The van der Waals surface area contributed by atoms with Crippen LogP contribution in [0.1, 0.15) is 36.2 Å². The predicted octanol–water partition coefficient (Wildman–Crippen LogP) is 2.92. The van der Waals surface area contributed by atoms with Crippen molar-refractivity contribution in [2.45, 2.75) is 31.2 Å². The van der Waals surface area contributed by atoms with Gasteiger partial charge in [0.05, 0.1) is 22.7 Å². The minimum Gasteiger partial charge on any atom is -0.394 e. The van der Waals surface area contributed by atoms with Crippen LogP contribution < -0.4 is 5.32 Å². The van der Waals surface area contributed by atoms with Crippen molar-refractivity contribution < 1.29 is 9.90 Å². The molecule has 1 amide bonds. The van der Waals surface area contributed by atoms with Crippen LogP contribution in [0.3, 0.4) is 0 Å². The van der Waals surface area contributed by atoms with Crippen LogP contribution >= 0.6 is 11.6 Å². The number of aliphatic hydroxyl groups excluding tert-OH is 1. The first-order valence-electron chi connectivity index (χ1n) is 7.12. The molecule has 0 aliphatic heterocycles. The van der Waals surface area contributed by atoms with Crippen LogP contribution in [0.25, 0.3) is 10.9 Å². The SMILES string of the molecule is O=C(NC1(CO)CCCC1)c1cc(Cl)c2ccccc2n1. The van der Waals surface area contributed by atoms with Crippen LogP contribution in [0.5, 0.6) is 0 Å². The van der Waals surface area contributed by atoms with Crippen molar-refractivity contribution in [3.05, 3.63) is 41.0 Å². The van der Waals surface area contributed by atoms with E-state index in [1.807, 2.05) is 24.3 Å². The van der Waals surface area contributed by atoms with Crippen molar-refractivity contribution in [1.29, 1.82) is 0 Å². The van der Waals surface area contributed by atoms with Crippen molar-refractivity contribution >= 4 is 28.4 Å². The zero-order valence-electron chi connectivity index (χ0n) is 11.6. The molecular formula is C16H17ClN2O2. The number of nitrogens with one attached hydrogen (secondary N) is 1. The molecule has 1 aromatic carbocycles. The number of hydrogen-bond acceptors (Lipinski definition) is 3. The lowest BCUT2D eigenvalue weighted by atomic mass is 9.98. The average Bonchev–Trinajstić information content (AvgIpc) is 2.96. The number of pyridine rings is 1. The molecule has 5 heteroatoms. The molecule has 110 valence electrons. The zero-order chi connectivity index (χ0) is 14.9. The van der Waals surface area contributed by atoms with Crippen LogP contribution in [0, 0.1) is 0 Å². The van der Waals surface area contributed by atoms with Gasteiger partial charge in [-0.05, 0) is 25.0 Å². The molecule has 0 radical (unpaired) electrons. The highest BCUT2D eigenvalue weighted by atomic mass is 35.5.